The first kappa shape index (κ1) is 14.1. The van der Waals surface area contributed by atoms with Gasteiger partial charge in [-0.1, -0.05) is 36.4 Å². The number of hydrogen-bond donors (Lipinski definition) is 1. The normalized spacial score (nSPS) is 20.9. The third-order valence-electron chi connectivity index (χ3n) is 3.97. The molecule has 1 aliphatic rings. The van der Waals surface area contributed by atoms with Crippen molar-refractivity contribution in [2.75, 3.05) is 7.11 Å². The maximum atomic E-state index is 5.82. The molecule has 0 bridgehead atoms. The van der Waals surface area contributed by atoms with Gasteiger partial charge in [-0.15, -0.1) is 0 Å². The topological polar surface area (TPSA) is 44.5 Å². The van der Waals surface area contributed by atoms with Crippen molar-refractivity contribution in [2.24, 2.45) is 5.73 Å². The Balaban J connectivity index is 1.63. The Morgan fingerprint density at radius 2 is 1.81 bits per heavy atom. The first-order chi connectivity index (χ1) is 10.2. The molecule has 0 atom stereocenters. The first-order valence-corrected chi connectivity index (χ1v) is 7.35. The molecule has 110 valence electrons. The Kier molecular flexibility index (Phi) is 4.23. The van der Waals surface area contributed by atoms with Crippen LogP contribution in [0.2, 0.25) is 0 Å². The zero-order valence-electron chi connectivity index (χ0n) is 12.3. The number of methoxy groups -OCH3 is 1. The minimum Gasteiger partial charge on any atom is -0.497 e. The molecule has 0 radical (unpaired) electrons. The summed E-state index contributed by atoms with van der Waals surface area (Å²) in [5, 5.41) is 0. The minimum absolute atomic E-state index is 0.338. The summed E-state index contributed by atoms with van der Waals surface area (Å²) >= 11 is 0. The van der Waals surface area contributed by atoms with E-state index in [1.54, 1.807) is 7.11 Å². The summed E-state index contributed by atoms with van der Waals surface area (Å²) in [6.07, 6.45) is 2.32. The Bertz CT molecular complexity index is 588. The Morgan fingerprint density at radius 3 is 2.48 bits per heavy atom. The molecule has 1 saturated carbocycles. The van der Waals surface area contributed by atoms with E-state index in [0.717, 1.165) is 24.2 Å². The summed E-state index contributed by atoms with van der Waals surface area (Å²) in [4.78, 5) is 0. The SMILES string of the molecule is COc1cccc(-c2ccc(COC3CC(N)C3)cc2)c1. The van der Waals surface area contributed by atoms with Crippen molar-refractivity contribution >= 4 is 0 Å². The van der Waals surface area contributed by atoms with Crippen molar-refractivity contribution in [3.05, 3.63) is 54.1 Å². The Hall–Kier alpha value is -1.84. The highest BCUT2D eigenvalue weighted by Crippen LogP contribution is 2.25. The van der Waals surface area contributed by atoms with E-state index in [0.29, 0.717) is 18.8 Å². The van der Waals surface area contributed by atoms with Gasteiger partial charge in [0, 0.05) is 6.04 Å². The lowest BCUT2D eigenvalue weighted by atomic mass is 9.90. The highest BCUT2D eigenvalue weighted by atomic mass is 16.5. The molecule has 0 spiro atoms. The predicted molar refractivity (Wildman–Crippen MR) is 84.2 cm³/mol. The number of nitrogens with two attached hydrogens (primary N) is 1. The molecule has 3 rings (SSSR count). The van der Waals surface area contributed by atoms with Crippen LogP contribution in [0.15, 0.2) is 48.5 Å². The van der Waals surface area contributed by atoms with Gasteiger partial charge in [0.15, 0.2) is 0 Å². The largest absolute Gasteiger partial charge is 0.497 e. The van der Waals surface area contributed by atoms with Crippen LogP contribution in [0.25, 0.3) is 11.1 Å². The monoisotopic (exact) mass is 283 g/mol. The fourth-order valence-corrected chi connectivity index (χ4v) is 2.55. The van der Waals surface area contributed by atoms with Crippen LogP contribution in [0.5, 0.6) is 5.75 Å². The summed E-state index contributed by atoms with van der Waals surface area (Å²) in [5.41, 5.74) is 9.29. The molecular weight excluding hydrogens is 262 g/mol. The maximum Gasteiger partial charge on any atom is 0.119 e. The van der Waals surface area contributed by atoms with Crippen LogP contribution in [0, 0.1) is 0 Å². The van der Waals surface area contributed by atoms with Gasteiger partial charge < -0.3 is 15.2 Å². The standard InChI is InChI=1S/C18H21NO2/c1-20-17-4-2-3-15(9-17)14-7-5-13(6-8-14)12-21-18-10-16(19)11-18/h2-9,16,18H,10-12,19H2,1H3. The van der Waals surface area contributed by atoms with Crippen LogP contribution in [-0.4, -0.2) is 19.3 Å². The zero-order chi connectivity index (χ0) is 14.7. The van der Waals surface area contributed by atoms with Crippen LogP contribution in [0.4, 0.5) is 0 Å². The minimum atomic E-state index is 0.338. The number of benzene rings is 2. The molecule has 21 heavy (non-hydrogen) atoms. The molecule has 0 heterocycles. The average molecular weight is 283 g/mol. The van der Waals surface area contributed by atoms with Crippen LogP contribution in [0.1, 0.15) is 18.4 Å². The fraction of sp³-hybridized carbons (Fsp3) is 0.333. The lowest BCUT2D eigenvalue weighted by Gasteiger charge is -2.32. The molecular formula is C18H21NO2. The molecule has 2 aromatic carbocycles. The highest BCUT2D eigenvalue weighted by Gasteiger charge is 2.26. The molecule has 0 aromatic heterocycles. The summed E-state index contributed by atoms with van der Waals surface area (Å²) in [7, 11) is 1.69. The number of rotatable bonds is 5. The van der Waals surface area contributed by atoms with E-state index in [2.05, 4.69) is 30.3 Å². The maximum absolute atomic E-state index is 5.82. The summed E-state index contributed by atoms with van der Waals surface area (Å²) < 4.78 is 11.1. The van der Waals surface area contributed by atoms with Crippen molar-refractivity contribution in [1.82, 2.24) is 0 Å². The van der Waals surface area contributed by atoms with Crippen molar-refractivity contribution in [2.45, 2.75) is 31.6 Å². The molecule has 0 unspecified atom stereocenters. The smallest absolute Gasteiger partial charge is 0.119 e. The van der Waals surface area contributed by atoms with E-state index in [9.17, 15) is 0 Å². The van der Waals surface area contributed by atoms with Crippen molar-refractivity contribution in [1.29, 1.82) is 0 Å². The molecule has 0 amide bonds. The van der Waals surface area contributed by atoms with Gasteiger partial charge in [-0.3, -0.25) is 0 Å². The van der Waals surface area contributed by atoms with Gasteiger partial charge in [-0.2, -0.15) is 0 Å². The quantitative estimate of drug-likeness (QED) is 0.915. The van der Waals surface area contributed by atoms with Gasteiger partial charge in [0.25, 0.3) is 0 Å². The molecule has 0 saturated heterocycles. The molecule has 1 aliphatic carbocycles. The van der Waals surface area contributed by atoms with Gasteiger partial charge in [0.1, 0.15) is 5.75 Å². The molecule has 3 heteroatoms. The van der Waals surface area contributed by atoms with Gasteiger partial charge in [0.2, 0.25) is 0 Å². The molecule has 3 nitrogen and oxygen atoms in total. The lowest BCUT2D eigenvalue weighted by Crippen LogP contribution is -2.41. The van der Waals surface area contributed by atoms with Gasteiger partial charge in [-0.05, 0) is 41.7 Å². The van der Waals surface area contributed by atoms with E-state index in [1.807, 2.05) is 18.2 Å². The molecule has 2 aromatic rings. The summed E-state index contributed by atoms with van der Waals surface area (Å²) in [6, 6.07) is 16.9. The highest BCUT2D eigenvalue weighted by molar-refractivity contribution is 5.65. The van der Waals surface area contributed by atoms with Gasteiger partial charge in [0.05, 0.1) is 19.8 Å². The van der Waals surface area contributed by atoms with E-state index >= 15 is 0 Å². The fourth-order valence-electron chi connectivity index (χ4n) is 2.55. The molecule has 2 N–H and O–H groups in total. The van der Waals surface area contributed by atoms with Crippen molar-refractivity contribution in [3.63, 3.8) is 0 Å². The van der Waals surface area contributed by atoms with Gasteiger partial charge >= 0.3 is 0 Å². The summed E-state index contributed by atoms with van der Waals surface area (Å²) in [6.45, 7) is 0.662. The lowest BCUT2D eigenvalue weighted by molar-refractivity contribution is -0.0188. The zero-order valence-corrected chi connectivity index (χ0v) is 12.3. The van der Waals surface area contributed by atoms with Gasteiger partial charge in [-0.25, -0.2) is 0 Å². The second kappa shape index (κ2) is 6.29. The van der Waals surface area contributed by atoms with E-state index in [-0.39, 0.29) is 0 Å². The van der Waals surface area contributed by atoms with E-state index < -0.39 is 0 Å². The third kappa shape index (κ3) is 3.43. The van der Waals surface area contributed by atoms with Crippen LogP contribution < -0.4 is 10.5 Å². The Labute approximate surface area is 125 Å². The van der Waals surface area contributed by atoms with Crippen LogP contribution >= 0.6 is 0 Å². The first-order valence-electron chi connectivity index (χ1n) is 7.35. The third-order valence-corrected chi connectivity index (χ3v) is 3.97. The van der Waals surface area contributed by atoms with E-state index in [4.69, 9.17) is 15.2 Å². The van der Waals surface area contributed by atoms with Crippen LogP contribution in [-0.2, 0) is 11.3 Å². The van der Waals surface area contributed by atoms with E-state index in [1.165, 1.54) is 11.1 Å². The number of ether oxygens (including phenoxy) is 2. The molecule has 1 fully saturated rings. The number of hydrogen-bond acceptors (Lipinski definition) is 3. The second-order valence-electron chi connectivity index (χ2n) is 5.59. The second-order valence-corrected chi connectivity index (χ2v) is 5.59. The molecule has 0 aliphatic heterocycles. The summed E-state index contributed by atoms with van der Waals surface area (Å²) in [5.74, 6) is 0.876. The Morgan fingerprint density at radius 1 is 1.05 bits per heavy atom. The van der Waals surface area contributed by atoms with Crippen molar-refractivity contribution in [3.8, 4) is 16.9 Å². The predicted octanol–water partition coefficient (Wildman–Crippen LogP) is 3.37. The van der Waals surface area contributed by atoms with Crippen LogP contribution in [0.3, 0.4) is 0 Å². The van der Waals surface area contributed by atoms with Crippen molar-refractivity contribution < 1.29 is 9.47 Å². The average Bonchev–Trinajstić information content (AvgIpc) is 2.51.